The van der Waals surface area contributed by atoms with Crippen molar-refractivity contribution in [1.82, 2.24) is 9.88 Å². The number of rotatable bonds is 3. The van der Waals surface area contributed by atoms with E-state index in [4.69, 9.17) is 0 Å². The Morgan fingerprint density at radius 3 is 3.07 bits per heavy atom. The molecule has 0 aliphatic rings. The number of hydrogen-bond donors (Lipinski definition) is 0. The van der Waals surface area contributed by atoms with Crippen LogP contribution >= 0.6 is 0 Å². The van der Waals surface area contributed by atoms with Gasteiger partial charge in [-0.3, -0.25) is 4.79 Å². The number of amides is 1. The molecule has 1 aromatic heterocycles. The summed E-state index contributed by atoms with van der Waals surface area (Å²) < 4.78 is 12.7. The highest BCUT2D eigenvalue weighted by Gasteiger charge is 2.10. The molecule has 0 radical (unpaired) electrons. The van der Waals surface area contributed by atoms with Crippen molar-refractivity contribution in [2.75, 3.05) is 13.6 Å². The van der Waals surface area contributed by atoms with Crippen LogP contribution in [0.2, 0.25) is 0 Å². The van der Waals surface area contributed by atoms with Gasteiger partial charge in [-0.1, -0.05) is 6.08 Å². The van der Waals surface area contributed by atoms with E-state index in [-0.39, 0.29) is 5.91 Å². The van der Waals surface area contributed by atoms with Gasteiger partial charge in [0.15, 0.2) is 0 Å². The Morgan fingerprint density at radius 1 is 1.79 bits per heavy atom. The fraction of sp³-hybridized carbons (Fsp3) is 0.200. The standard InChI is InChI=1S/C10H11FN2O/c1-3-6-13(2)10(14)8-4-5-12-9(11)7-8/h3-5,7H,1,6H2,2H3. The molecule has 1 amide bonds. The number of aromatic nitrogens is 1. The Morgan fingerprint density at radius 2 is 2.50 bits per heavy atom. The van der Waals surface area contributed by atoms with Gasteiger partial charge in [0.25, 0.3) is 5.91 Å². The first kappa shape index (κ1) is 10.4. The largest absolute Gasteiger partial charge is 0.338 e. The molecule has 0 fully saturated rings. The van der Waals surface area contributed by atoms with Crippen molar-refractivity contribution in [3.05, 3.63) is 42.5 Å². The smallest absolute Gasteiger partial charge is 0.254 e. The third-order valence-electron chi connectivity index (χ3n) is 1.72. The van der Waals surface area contributed by atoms with Gasteiger partial charge in [0.1, 0.15) is 0 Å². The van der Waals surface area contributed by atoms with Crippen molar-refractivity contribution >= 4 is 5.91 Å². The quantitative estimate of drug-likeness (QED) is 0.539. The van der Waals surface area contributed by atoms with Crippen LogP contribution in [0.5, 0.6) is 0 Å². The highest BCUT2D eigenvalue weighted by molar-refractivity contribution is 5.93. The minimum atomic E-state index is -0.650. The molecule has 0 saturated carbocycles. The molecule has 0 aliphatic carbocycles. The fourth-order valence-corrected chi connectivity index (χ4v) is 1.03. The Kier molecular flexibility index (Phi) is 3.34. The second kappa shape index (κ2) is 4.50. The van der Waals surface area contributed by atoms with E-state index in [0.29, 0.717) is 12.1 Å². The molecule has 3 nitrogen and oxygen atoms in total. The van der Waals surface area contributed by atoms with Crippen molar-refractivity contribution in [2.24, 2.45) is 0 Å². The predicted octanol–water partition coefficient (Wildman–Crippen LogP) is 1.48. The fourth-order valence-electron chi connectivity index (χ4n) is 1.03. The lowest BCUT2D eigenvalue weighted by Crippen LogP contribution is -2.26. The summed E-state index contributed by atoms with van der Waals surface area (Å²) in [4.78, 5) is 16.4. The number of hydrogen-bond acceptors (Lipinski definition) is 2. The zero-order valence-corrected chi connectivity index (χ0v) is 7.90. The monoisotopic (exact) mass is 194 g/mol. The third kappa shape index (κ3) is 2.39. The van der Waals surface area contributed by atoms with E-state index in [0.717, 1.165) is 6.07 Å². The van der Waals surface area contributed by atoms with Crippen LogP contribution in [0, 0.1) is 5.95 Å². The van der Waals surface area contributed by atoms with Crippen LogP contribution in [0.4, 0.5) is 4.39 Å². The predicted molar refractivity (Wildman–Crippen MR) is 51.4 cm³/mol. The number of carbonyl (C=O) groups is 1. The first-order valence-electron chi connectivity index (χ1n) is 4.13. The Balaban J connectivity index is 2.83. The second-order valence-corrected chi connectivity index (χ2v) is 2.84. The average molecular weight is 194 g/mol. The van der Waals surface area contributed by atoms with E-state index in [1.165, 1.54) is 17.2 Å². The lowest BCUT2D eigenvalue weighted by Gasteiger charge is -2.14. The number of pyridine rings is 1. The summed E-state index contributed by atoms with van der Waals surface area (Å²) >= 11 is 0. The summed E-state index contributed by atoms with van der Waals surface area (Å²) in [7, 11) is 1.63. The minimum absolute atomic E-state index is 0.244. The molecule has 1 aromatic rings. The lowest BCUT2D eigenvalue weighted by atomic mass is 10.2. The third-order valence-corrected chi connectivity index (χ3v) is 1.72. The number of nitrogens with zero attached hydrogens (tertiary/aromatic N) is 2. The van der Waals surface area contributed by atoms with Gasteiger partial charge in [0.2, 0.25) is 5.95 Å². The number of carbonyl (C=O) groups excluding carboxylic acids is 1. The van der Waals surface area contributed by atoms with Gasteiger partial charge in [0.05, 0.1) is 0 Å². The van der Waals surface area contributed by atoms with E-state index >= 15 is 0 Å². The summed E-state index contributed by atoms with van der Waals surface area (Å²) in [5.74, 6) is -0.894. The van der Waals surface area contributed by atoms with Crippen LogP contribution in [0.15, 0.2) is 31.0 Å². The van der Waals surface area contributed by atoms with Crippen molar-refractivity contribution in [2.45, 2.75) is 0 Å². The van der Waals surface area contributed by atoms with Gasteiger partial charge >= 0.3 is 0 Å². The summed E-state index contributed by atoms with van der Waals surface area (Å²) in [6.45, 7) is 3.95. The molecule has 0 unspecified atom stereocenters. The SMILES string of the molecule is C=CCN(C)C(=O)c1ccnc(F)c1. The maximum absolute atomic E-state index is 12.7. The van der Waals surface area contributed by atoms with E-state index < -0.39 is 5.95 Å². The summed E-state index contributed by atoms with van der Waals surface area (Å²) in [5.41, 5.74) is 0.293. The molecule has 74 valence electrons. The topological polar surface area (TPSA) is 33.2 Å². The first-order chi connectivity index (χ1) is 6.65. The van der Waals surface area contributed by atoms with Gasteiger partial charge < -0.3 is 4.90 Å². The number of halogens is 1. The zero-order valence-electron chi connectivity index (χ0n) is 7.90. The van der Waals surface area contributed by atoms with E-state index in [1.54, 1.807) is 13.1 Å². The molecule has 0 bridgehead atoms. The van der Waals surface area contributed by atoms with Gasteiger partial charge in [-0.25, -0.2) is 4.98 Å². The molecule has 4 heteroatoms. The molecule has 0 N–H and O–H groups in total. The molecular weight excluding hydrogens is 183 g/mol. The lowest BCUT2D eigenvalue weighted by molar-refractivity contribution is 0.0809. The number of likely N-dealkylation sites (N-methyl/N-ethyl adjacent to an activating group) is 1. The average Bonchev–Trinajstić information content (AvgIpc) is 2.17. The van der Waals surface area contributed by atoms with E-state index in [9.17, 15) is 9.18 Å². The van der Waals surface area contributed by atoms with Crippen LogP contribution in [0.3, 0.4) is 0 Å². The molecule has 0 aliphatic heterocycles. The van der Waals surface area contributed by atoms with Crippen molar-refractivity contribution in [3.8, 4) is 0 Å². The maximum atomic E-state index is 12.7. The van der Waals surface area contributed by atoms with Gasteiger partial charge in [-0.05, 0) is 6.07 Å². The molecule has 0 aromatic carbocycles. The van der Waals surface area contributed by atoms with Crippen LogP contribution in [0.25, 0.3) is 0 Å². The van der Waals surface area contributed by atoms with Gasteiger partial charge in [0, 0.05) is 31.4 Å². The normalized spacial score (nSPS) is 9.57. The molecule has 1 heterocycles. The van der Waals surface area contributed by atoms with E-state index in [1.807, 2.05) is 0 Å². The highest BCUT2D eigenvalue weighted by atomic mass is 19.1. The van der Waals surface area contributed by atoms with Crippen LogP contribution in [-0.4, -0.2) is 29.4 Å². The zero-order chi connectivity index (χ0) is 10.6. The summed E-state index contributed by atoms with van der Waals surface area (Å²) in [6, 6.07) is 2.59. The van der Waals surface area contributed by atoms with Crippen molar-refractivity contribution in [3.63, 3.8) is 0 Å². The van der Waals surface area contributed by atoms with Crippen LogP contribution in [-0.2, 0) is 0 Å². The molecular formula is C10H11FN2O. The Bertz CT molecular complexity index is 352. The second-order valence-electron chi connectivity index (χ2n) is 2.84. The summed E-state index contributed by atoms with van der Waals surface area (Å²) in [5, 5.41) is 0. The molecule has 0 atom stereocenters. The maximum Gasteiger partial charge on any atom is 0.254 e. The van der Waals surface area contributed by atoms with Crippen molar-refractivity contribution < 1.29 is 9.18 Å². The highest BCUT2D eigenvalue weighted by Crippen LogP contribution is 2.03. The van der Waals surface area contributed by atoms with E-state index in [2.05, 4.69) is 11.6 Å². The van der Waals surface area contributed by atoms with Gasteiger partial charge in [-0.2, -0.15) is 4.39 Å². The van der Waals surface area contributed by atoms with Gasteiger partial charge in [-0.15, -0.1) is 6.58 Å². The summed E-state index contributed by atoms with van der Waals surface area (Å²) in [6.07, 6.45) is 2.87. The first-order valence-corrected chi connectivity index (χ1v) is 4.13. The Labute approximate surface area is 81.9 Å². The van der Waals surface area contributed by atoms with Crippen molar-refractivity contribution in [1.29, 1.82) is 0 Å². The molecule has 0 spiro atoms. The molecule has 0 saturated heterocycles. The van der Waals surface area contributed by atoms with Crippen LogP contribution < -0.4 is 0 Å². The minimum Gasteiger partial charge on any atom is -0.338 e. The molecule has 14 heavy (non-hydrogen) atoms. The van der Waals surface area contributed by atoms with Crippen LogP contribution in [0.1, 0.15) is 10.4 Å². The Hall–Kier alpha value is -1.71. The molecule has 1 rings (SSSR count).